The van der Waals surface area contributed by atoms with Crippen molar-refractivity contribution in [3.8, 4) is 11.5 Å². The molecular formula is C19H20O2S4. The maximum absolute atomic E-state index is 9.70. The van der Waals surface area contributed by atoms with Crippen LogP contribution in [0.5, 0.6) is 11.5 Å². The van der Waals surface area contributed by atoms with E-state index in [-0.39, 0.29) is 0 Å². The van der Waals surface area contributed by atoms with Crippen LogP contribution in [0.2, 0.25) is 0 Å². The lowest BCUT2D eigenvalue weighted by Gasteiger charge is -2.43. The number of aromatic hydroxyl groups is 2. The normalized spacial score (nSPS) is 29.6. The summed E-state index contributed by atoms with van der Waals surface area (Å²) in [5, 5.41) is 19.4. The molecule has 1 spiro atoms. The monoisotopic (exact) mass is 408 g/mol. The molecule has 2 fully saturated rings. The Hall–Kier alpha value is -0.560. The van der Waals surface area contributed by atoms with Crippen molar-refractivity contribution in [1.82, 2.24) is 0 Å². The molecule has 0 bridgehead atoms. The Kier molecular flexibility index (Phi) is 5.41. The Morgan fingerprint density at radius 1 is 0.680 bits per heavy atom. The molecule has 2 aromatic carbocycles. The van der Waals surface area contributed by atoms with Crippen LogP contribution in [0.1, 0.15) is 20.3 Å². The zero-order valence-corrected chi connectivity index (χ0v) is 16.9. The second-order valence-electron chi connectivity index (χ2n) is 6.60. The van der Waals surface area contributed by atoms with Gasteiger partial charge < -0.3 is 10.2 Å². The maximum atomic E-state index is 9.70. The van der Waals surface area contributed by atoms with Gasteiger partial charge in [0.05, 0.1) is 9.16 Å². The summed E-state index contributed by atoms with van der Waals surface area (Å²) in [4.78, 5) is 0. The molecule has 0 unspecified atom stereocenters. The summed E-state index contributed by atoms with van der Waals surface area (Å²) >= 11 is 8.06. The highest BCUT2D eigenvalue weighted by atomic mass is 32.2. The Morgan fingerprint density at radius 3 is 1.44 bits per heavy atom. The third-order valence-electron chi connectivity index (χ3n) is 4.45. The highest BCUT2D eigenvalue weighted by molar-refractivity contribution is 8.18. The van der Waals surface area contributed by atoms with Gasteiger partial charge in [-0.15, -0.1) is 47.0 Å². The van der Waals surface area contributed by atoms with Gasteiger partial charge in [-0.25, -0.2) is 0 Å². The first-order valence-corrected chi connectivity index (χ1v) is 12.4. The summed E-state index contributed by atoms with van der Waals surface area (Å²) in [5.74, 6) is 5.41. The molecule has 0 aliphatic carbocycles. The zero-order chi connectivity index (χ0) is 17.3. The molecule has 0 radical (unpaired) electrons. The lowest BCUT2D eigenvalue weighted by Crippen LogP contribution is -2.38. The molecule has 2 nitrogen and oxygen atoms in total. The van der Waals surface area contributed by atoms with Crippen molar-refractivity contribution in [2.24, 2.45) is 5.41 Å². The molecule has 0 saturated carbocycles. The third kappa shape index (κ3) is 4.07. The van der Waals surface area contributed by atoms with Crippen molar-refractivity contribution in [3.63, 3.8) is 0 Å². The van der Waals surface area contributed by atoms with Crippen LogP contribution in [-0.2, 0) is 0 Å². The first-order chi connectivity index (χ1) is 12.1. The minimum atomic E-state index is 0.358. The van der Waals surface area contributed by atoms with Gasteiger partial charge in [-0.05, 0) is 35.4 Å². The predicted octanol–water partition coefficient (Wildman–Crippen LogP) is 5.74. The Balaban J connectivity index is 1.36. The second-order valence-corrected chi connectivity index (χ2v) is 11.6. The molecule has 132 valence electrons. The summed E-state index contributed by atoms with van der Waals surface area (Å²) in [5.41, 5.74) is 2.84. The summed E-state index contributed by atoms with van der Waals surface area (Å²) in [6.07, 6.45) is 0. The largest absolute Gasteiger partial charge is 0.508 e. The molecule has 0 aromatic heterocycles. The van der Waals surface area contributed by atoms with Crippen molar-refractivity contribution in [2.45, 2.75) is 9.16 Å². The number of hydrogen-bond acceptors (Lipinski definition) is 6. The van der Waals surface area contributed by atoms with Gasteiger partial charge >= 0.3 is 0 Å². The van der Waals surface area contributed by atoms with Crippen LogP contribution in [-0.4, -0.2) is 33.2 Å². The molecule has 2 aromatic rings. The molecule has 2 saturated heterocycles. The molecule has 2 N–H and O–H groups in total. The molecular weight excluding hydrogens is 388 g/mol. The number of thioether (sulfide) groups is 4. The van der Waals surface area contributed by atoms with E-state index in [1.54, 1.807) is 12.1 Å². The van der Waals surface area contributed by atoms with Crippen LogP contribution >= 0.6 is 47.0 Å². The van der Waals surface area contributed by atoms with Crippen LogP contribution in [0, 0.1) is 5.41 Å². The molecule has 6 heteroatoms. The van der Waals surface area contributed by atoms with E-state index in [1.165, 1.54) is 34.1 Å². The van der Waals surface area contributed by atoms with Gasteiger partial charge in [0.1, 0.15) is 11.5 Å². The Morgan fingerprint density at radius 2 is 1.08 bits per heavy atom. The Bertz CT molecular complexity index is 669. The summed E-state index contributed by atoms with van der Waals surface area (Å²) in [7, 11) is 0. The maximum Gasteiger partial charge on any atom is 0.115 e. The van der Waals surface area contributed by atoms with Crippen LogP contribution < -0.4 is 0 Å². The van der Waals surface area contributed by atoms with E-state index >= 15 is 0 Å². The SMILES string of the molecule is Oc1cccc(C2SCC3(CS2)CSC(c2cccc(O)c2)SC3)c1. The highest BCUT2D eigenvalue weighted by Crippen LogP contribution is 2.57. The molecule has 25 heavy (non-hydrogen) atoms. The average Bonchev–Trinajstić information content (AvgIpc) is 2.63. The highest BCUT2D eigenvalue weighted by Gasteiger charge is 2.41. The lowest BCUT2D eigenvalue weighted by atomic mass is 9.99. The number of rotatable bonds is 2. The number of phenols is 2. The molecule has 2 aliphatic heterocycles. The first kappa shape index (κ1) is 17.8. The van der Waals surface area contributed by atoms with Gasteiger partial charge in [0.25, 0.3) is 0 Å². The summed E-state index contributed by atoms with van der Waals surface area (Å²) < 4.78 is 0.855. The van der Waals surface area contributed by atoms with E-state index in [2.05, 4.69) is 12.1 Å². The van der Waals surface area contributed by atoms with Crippen LogP contribution in [0.3, 0.4) is 0 Å². The smallest absolute Gasteiger partial charge is 0.115 e. The summed E-state index contributed by atoms with van der Waals surface area (Å²) in [6, 6.07) is 15.4. The topological polar surface area (TPSA) is 40.5 Å². The van der Waals surface area contributed by atoms with Gasteiger partial charge in [-0.3, -0.25) is 0 Å². The first-order valence-electron chi connectivity index (χ1n) is 8.18. The fourth-order valence-corrected chi connectivity index (χ4v) is 10.0. The van der Waals surface area contributed by atoms with E-state index in [1.807, 2.05) is 71.3 Å². The average molecular weight is 409 g/mol. The quantitative estimate of drug-likeness (QED) is 0.660. The molecule has 2 aliphatic rings. The van der Waals surface area contributed by atoms with Gasteiger partial charge in [0.15, 0.2) is 0 Å². The van der Waals surface area contributed by atoms with Crippen LogP contribution in [0.4, 0.5) is 0 Å². The van der Waals surface area contributed by atoms with E-state index in [4.69, 9.17) is 0 Å². The second kappa shape index (κ2) is 7.59. The van der Waals surface area contributed by atoms with Gasteiger partial charge in [0, 0.05) is 28.4 Å². The van der Waals surface area contributed by atoms with Crippen molar-refractivity contribution in [1.29, 1.82) is 0 Å². The van der Waals surface area contributed by atoms with Gasteiger partial charge in [-0.2, -0.15) is 0 Å². The van der Waals surface area contributed by atoms with E-state index < -0.39 is 0 Å². The fraction of sp³-hybridized carbons (Fsp3) is 0.368. The Labute approximate surface area is 165 Å². The number of phenolic OH excluding ortho intramolecular Hbond substituents is 2. The number of benzene rings is 2. The van der Waals surface area contributed by atoms with Crippen LogP contribution in [0.15, 0.2) is 48.5 Å². The van der Waals surface area contributed by atoms with Gasteiger partial charge in [0.2, 0.25) is 0 Å². The van der Waals surface area contributed by atoms with E-state index in [0.717, 1.165) is 0 Å². The van der Waals surface area contributed by atoms with Crippen molar-refractivity contribution < 1.29 is 10.2 Å². The summed E-state index contributed by atoms with van der Waals surface area (Å²) in [6.45, 7) is 0. The predicted molar refractivity (Wildman–Crippen MR) is 114 cm³/mol. The van der Waals surface area contributed by atoms with E-state index in [9.17, 15) is 10.2 Å². The lowest BCUT2D eigenvalue weighted by molar-refractivity contribution is 0.474. The molecule has 0 amide bonds. The molecule has 4 rings (SSSR count). The number of hydrogen-bond donors (Lipinski definition) is 2. The van der Waals surface area contributed by atoms with E-state index in [0.29, 0.717) is 26.1 Å². The zero-order valence-electron chi connectivity index (χ0n) is 13.6. The fourth-order valence-electron chi connectivity index (χ4n) is 3.08. The van der Waals surface area contributed by atoms with Crippen molar-refractivity contribution in [2.75, 3.05) is 23.0 Å². The minimum absolute atomic E-state index is 0.358. The van der Waals surface area contributed by atoms with Crippen molar-refractivity contribution >= 4 is 47.0 Å². The van der Waals surface area contributed by atoms with Crippen molar-refractivity contribution in [3.05, 3.63) is 59.7 Å². The molecule has 0 atom stereocenters. The standard InChI is InChI=1S/C19H20O2S4/c20-15-5-1-3-13(7-15)17-22-9-19(10-23-17)11-24-18(25-12-19)14-4-2-6-16(21)8-14/h1-8,17-18,20-21H,9-12H2. The van der Waals surface area contributed by atoms with Crippen LogP contribution in [0.25, 0.3) is 0 Å². The molecule has 2 heterocycles. The van der Waals surface area contributed by atoms with Gasteiger partial charge in [-0.1, -0.05) is 24.3 Å². The minimum Gasteiger partial charge on any atom is -0.508 e. The third-order valence-corrected chi connectivity index (χ3v) is 11.5.